The number of rotatable bonds is 3. The lowest BCUT2D eigenvalue weighted by atomic mass is 10.1. The topological polar surface area (TPSA) is 29.1 Å². The molecule has 1 aromatic carbocycles. The molecular weight excluding hydrogens is 381 g/mol. The first kappa shape index (κ1) is 15.9. The van der Waals surface area contributed by atoms with Gasteiger partial charge in [0.25, 0.3) is 5.91 Å². The Morgan fingerprint density at radius 3 is 2.05 bits per heavy atom. The number of amides is 1. The summed E-state index contributed by atoms with van der Waals surface area (Å²) in [6, 6.07) is 1.69. The monoisotopic (exact) mass is 385 g/mol. The molecule has 21 heavy (non-hydrogen) atoms. The van der Waals surface area contributed by atoms with Crippen molar-refractivity contribution in [2.24, 2.45) is 0 Å². The van der Waals surface area contributed by atoms with Crippen molar-refractivity contribution in [1.29, 1.82) is 0 Å². The van der Waals surface area contributed by atoms with Gasteiger partial charge in [0.2, 0.25) is 5.82 Å². The van der Waals surface area contributed by atoms with Gasteiger partial charge in [0.05, 0.1) is 6.54 Å². The fraction of sp³-hybridized carbons (Fsp3) is 0.0833. The Hall–Kier alpha value is -1.48. The van der Waals surface area contributed by atoms with E-state index >= 15 is 0 Å². The first-order valence-electron chi connectivity index (χ1n) is 5.36. The van der Waals surface area contributed by atoms with Gasteiger partial charge in [0.15, 0.2) is 23.3 Å². The lowest BCUT2D eigenvalue weighted by Crippen LogP contribution is -2.26. The van der Waals surface area contributed by atoms with E-state index in [-0.39, 0.29) is 6.54 Å². The molecule has 0 aliphatic rings. The zero-order chi connectivity index (χ0) is 15.7. The predicted octanol–water partition coefficient (Wildman–Crippen LogP) is 4.14. The molecule has 0 radical (unpaired) electrons. The lowest BCUT2D eigenvalue weighted by Gasteiger charge is -2.08. The molecule has 1 N–H and O–H groups in total. The van der Waals surface area contributed by atoms with Gasteiger partial charge in [-0.1, -0.05) is 0 Å². The molecule has 0 saturated heterocycles. The van der Waals surface area contributed by atoms with E-state index in [0.717, 1.165) is 0 Å². The Bertz CT molecular complexity index is 689. The largest absolute Gasteiger partial charge is 0.347 e. The Balaban J connectivity index is 2.30. The van der Waals surface area contributed by atoms with Crippen LogP contribution in [-0.4, -0.2) is 5.91 Å². The molecule has 9 heteroatoms. The predicted molar refractivity (Wildman–Crippen MR) is 69.4 cm³/mol. The normalized spacial score (nSPS) is 10.8. The molecule has 0 atom stereocenters. The van der Waals surface area contributed by atoms with Crippen LogP contribution in [0.3, 0.4) is 0 Å². The number of nitrogens with one attached hydrogen (secondary N) is 1. The average Bonchev–Trinajstić information content (AvgIpc) is 2.86. The molecule has 0 aliphatic carbocycles. The molecule has 0 unspecified atom stereocenters. The van der Waals surface area contributed by atoms with Crippen molar-refractivity contribution < 1.29 is 26.7 Å². The van der Waals surface area contributed by atoms with Crippen LogP contribution < -0.4 is 5.32 Å². The standard InChI is InChI=1S/C12H5BrF5NOS/c13-4-1-2-21-5(4)3-19-12(20)6-7(14)9(16)11(18)10(17)8(6)15/h1-2H,3H2,(H,19,20). The fourth-order valence-corrected chi connectivity index (χ4v) is 2.94. The molecule has 0 saturated carbocycles. The number of carbonyl (C=O) groups excluding carboxylic acids is 1. The molecule has 2 nitrogen and oxygen atoms in total. The summed E-state index contributed by atoms with van der Waals surface area (Å²) in [5.41, 5.74) is -1.50. The van der Waals surface area contributed by atoms with Crippen molar-refractivity contribution in [2.75, 3.05) is 0 Å². The first-order valence-corrected chi connectivity index (χ1v) is 7.03. The summed E-state index contributed by atoms with van der Waals surface area (Å²) >= 11 is 4.42. The van der Waals surface area contributed by atoms with Crippen molar-refractivity contribution in [3.05, 3.63) is 55.4 Å². The van der Waals surface area contributed by atoms with E-state index in [4.69, 9.17) is 0 Å². The van der Waals surface area contributed by atoms with Crippen molar-refractivity contribution in [3.63, 3.8) is 0 Å². The van der Waals surface area contributed by atoms with Crippen molar-refractivity contribution in [3.8, 4) is 0 Å². The highest BCUT2D eigenvalue weighted by molar-refractivity contribution is 9.10. The van der Waals surface area contributed by atoms with Crippen LogP contribution >= 0.6 is 27.3 Å². The minimum atomic E-state index is -2.30. The summed E-state index contributed by atoms with van der Waals surface area (Å²) in [6.45, 7) is -0.115. The number of thiophene rings is 1. The summed E-state index contributed by atoms with van der Waals surface area (Å²) < 4.78 is 66.3. The van der Waals surface area contributed by atoms with Gasteiger partial charge >= 0.3 is 0 Å². The van der Waals surface area contributed by atoms with Crippen LogP contribution in [0.25, 0.3) is 0 Å². The van der Waals surface area contributed by atoms with E-state index in [0.29, 0.717) is 9.35 Å². The van der Waals surface area contributed by atoms with E-state index in [2.05, 4.69) is 21.2 Å². The molecule has 0 spiro atoms. The third kappa shape index (κ3) is 2.93. The van der Waals surface area contributed by atoms with Crippen LogP contribution in [0, 0.1) is 29.1 Å². The second-order valence-electron chi connectivity index (χ2n) is 3.82. The Kier molecular flexibility index (Phi) is 4.62. The Morgan fingerprint density at radius 1 is 1.05 bits per heavy atom. The minimum absolute atomic E-state index is 0.115. The van der Waals surface area contributed by atoms with E-state index in [1.807, 2.05) is 0 Å². The van der Waals surface area contributed by atoms with E-state index < -0.39 is 40.6 Å². The van der Waals surface area contributed by atoms with Gasteiger partial charge in [0, 0.05) is 9.35 Å². The highest BCUT2D eigenvalue weighted by Crippen LogP contribution is 2.24. The third-order valence-corrected chi connectivity index (χ3v) is 4.46. The third-order valence-electron chi connectivity index (χ3n) is 2.54. The molecule has 112 valence electrons. The number of halogens is 6. The molecule has 0 aliphatic heterocycles. The highest BCUT2D eigenvalue weighted by atomic mass is 79.9. The smallest absolute Gasteiger partial charge is 0.257 e. The Morgan fingerprint density at radius 2 is 1.57 bits per heavy atom. The molecule has 1 heterocycles. The maximum atomic E-state index is 13.4. The van der Waals surface area contributed by atoms with Gasteiger partial charge in [-0.15, -0.1) is 11.3 Å². The van der Waals surface area contributed by atoms with Crippen molar-refractivity contribution in [2.45, 2.75) is 6.54 Å². The summed E-state index contributed by atoms with van der Waals surface area (Å²) in [5.74, 6) is -12.3. The van der Waals surface area contributed by atoms with Gasteiger partial charge in [-0.25, -0.2) is 22.0 Å². The maximum absolute atomic E-state index is 13.4. The average molecular weight is 386 g/mol. The van der Waals surface area contributed by atoms with E-state index in [1.54, 1.807) is 11.4 Å². The molecular formula is C12H5BrF5NOS. The molecule has 0 fully saturated rings. The number of hydrogen-bond acceptors (Lipinski definition) is 2. The second-order valence-corrected chi connectivity index (χ2v) is 5.67. The molecule has 2 aromatic rings. The van der Waals surface area contributed by atoms with Crippen LogP contribution in [0.2, 0.25) is 0 Å². The highest BCUT2D eigenvalue weighted by Gasteiger charge is 2.29. The van der Waals surface area contributed by atoms with Crippen LogP contribution in [-0.2, 0) is 6.54 Å². The van der Waals surface area contributed by atoms with Crippen LogP contribution in [0.5, 0.6) is 0 Å². The van der Waals surface area contributed by atoms with Gasteiger partial charge in [-0.05, 0) is 27.4 Å². The zero-order valence-corrected chi connectivity index (χ0v) is 12.3. The van der Waals surface area contributed by atoms with Crippen molar-refractivity contribution in [1.82, 2.24) is 5.32 Å². The molecule has 0 bridgehead atoms. The van der Waals surface area contributed by atoms with Gasteiger partial charge in [0.1, 0.15) is 5.56 Å². The lowest BCUT2D eigenvalue weighted by molar-refractivity contribution is 0.0939. The summed E-state index contributed by atoms with van der Waals surface area (Å²) in [5, 5.41) is 3.80. The number of carbonyl (C=O) groups is 1. The van der Waals surface area contributed by atoms with Gasteiger partial charge in [-0.3, -0.25) is 4.79 Å². The summed E-state index contributed by atoms with van der Waals surface area (Å²) in [4.78, 5) is 12.3. The minimum Gasteiger partial charge on any atom is -0.347 e. The SMILES string of the molecule is O=C(NCc1sccc1Br)c1c(F)c(F)c(F)c(F)c1F. The van der Waals surface area contributed by atoms with Gasteiger partial charge < -0.3 is 5.32 Å². The maximum Gasteiger partial charge on any atom is 0.257 e. The van der Waals surface area contributed by atoms with Gasteiger partial charge in [-0.2, -0.15) is 0 Å². The number of benzene rings is 1. The molecule has 1 amide bonds. The number of hydrogen-bond donors (Lipinski definition) is 1. The quantitative estimate of drug-likeness (QED) is 0.480. The van der Waals surface area contributed by atoms with Crippen LogP contribution in [0.1, 0.15) is 15.2 Å². The first-order chi connectivity index (χ1) is 9.84. The summed E-state index contributed by atoms with van der Waals surface area (Å²) in [7, 11) is 0. The summed E-state index contributed by atoms with van der Waals surface area (Å²) in [6.07, 6.45) is 0. The fourth-order valence-electron chi connectivity index (χ4n) is 1.50. The Labute approximate surface area is 127 Å². The molecule has 1 aromatic heterocycles. The molecule has 2 rings (SSSR count). The van der Waals surface area contributed by atoms with E-state index in [9.17, 15) is 26.7 Å². The second kappa shape index (κ2) is 6.10. The van der Waals surface area contributed by atoms with E-state index in [1.165, 1.54) is 11.3 Å². The van der Waals surface area contributed by atoms with Crippen LogP contribution in [0.15, 0.2) is 15.9 Å². The zero-order valence-electron chi connectivity index (χ0n) is 9.95. The van der Waals surface area contributed by atoms with Crippen molar-refractivity contribution >= 4 is 33.2 Å². The van der Waals surface area contributed by atoms with Crippen LogP contribution in [0.4, 0.5) is 22.0 Å².